The van der Waals surface area contributed by atoms with E-state index in [1.165, 1.54) is 11.6 Å². The van der Waals surface area contributed by atoms with Crippen LogP contribution in [0.4, 0.5) is 13.2 Å². The molecule has 0 aliphatic carbocycles. The third-order valence-corrected chi connectivity index (χ3v) is 6.69. The summed E-state index contributed by atoms with van der Waals surface area (Å²) in [6.07, 6.45) is -0.137. The van der Waals surface area contributed by atoms with E-state index in [-0.39, 0.29) is 24.0 Å². The van der Waals surface area contributed by atoms with Gasteiger partial charge in [-0.1, -0.05) is 38.1 Å². The van der Waals surface area contributed by atoms with E-state index in [0.717, 1.165) is 23.0 Å². The molecule has 4 heterocycles. The van der Waals surface area contributed by atoms with Crippen molar-refractivity contribution in [1.82, 2.24) is 33.6 Å². The monoisotopic (exact) mass is 543 g/mol. The summed E-state index contributed by atoms with van der Waals surface area (Å²) in [5.41, 5.74) is 2.92. The van der Waals surface area contributed by atoms with E-state index in [1.807, 2.05) is 35.7 Å². The molecule has 0 N–H and O–H groups in total. The van der Waals surface area contributed by atoms with Gasteiger partial charge >= 0.3 is 11.9 Å². The predicted octanol–water partition coefficient (Wildman–Crippen LogP) is 1.71. The molecule has 0 saturated heterocycles. The van der Waals surface area contributed by atoms with Crippen LogP contribution < -0.4 is 5.69 Å². The van der Waals surface area contributed by atoms with Crippen LogP contribution in [0, 0.1) is 0 Å². The summed E-state index contributed by atoms with van der Waals surface area (Å²) < 4.78 is 44.0. The molecule has 0 atom stereocenters. The van der Waals surface area contributed by atoms with Crippen LogP contribution in [-0.4, -0.2) is 57.2 Å². The molecule has 0 amide bonds. The first-order valence-corrected chi connectivity index (χ1v) is 12.9. The van der Waals surface area contributed by atoms with Gasteiger partial charge in [0, 0.05) is 30.6 Å². The van der Waals surface area contributed by atoms with E-state index >= 15 is 0 Å². The number of hydrogen-bond acceptors (Lipinski definition) is 5. The number of nitrogens with zero attached hydrogens (tertiary/aromatic N) is 7. The zero-order valence-corrected chi connectivity index (χ0v) is 23.2. The number of hydrogen-bond donors (Lipinski definition) is 0. The highest BCUT2D eigenvalue weighted by molar-refractivity contribution is 6.56. The van der Waals surface area contributed by atoms with Crippen molar-refractivity contribution in [2.45, 2.75) is 37.7 Å². The standard InChI is InChI=1S/C26H27B3F3N7O/c1-14(2)20-17(5-4-10-33-20)21-34-11-18-23(36-21)38(24(40)39(18)26(27,28)29)12-15-6-8-16(9-7-15)22-35-19(13-37(22)3)25(30,31)32/h4-11,13-14H,12,27-29H2,1-3H3. The van der Waals surface area contributed by atoms with Gasteiger partial charge in [0.05, 0.1) is 18.4 Å². The van der Waals surface area contributed by atoms with Crippen LogP contribution in [0.15, 0.2) is 59.8 Å². The maximum Gasteiger partial charge on any atom is 0.434 e. The number of benzene rings is 1. The average molecular weight is 543 g/mol. The molecule has 14 heteroatoms. The van der Waals surface area contributed by atoms with Crippen LogP contribution >= 0.6 is 0 Å². The fourth-order valence-corrected chi connectivity index (χ4v) is 4.84. The Morgan fingerprint density at radius 2 is 1.70 bits per heavy atom. The second-order valence-corrected chi connectivity index (χ2v) is 11.1. The van der Waals surface area contributed by atoms with E-state index in [2.05, 4.69) is 28.8 Å². The summed E-state index contributed by atoms with van der Waals surface area (Å²) in [5.74, 6) is 0.839. The van der Waals surface area contributed by atoms with Crippen molar-refractivity contribution in [1.29, 1.82) is 0 Å². The molecule has 202 valence electrons. The minimum Gasteiger partial charge on any atom is -0.333 e. The van der Waals surface area contributed by atoms with Crippen LogP contribution in [0.3, 0.4) is 0 Å². The van der Waals surface area contributed by atoms with Gasteiger partial charge in [-0.05, 0) is 28.9 Å². The number of fused-ring (bicyclic) bond motifs is 1. The quantitative estimate of drug-likeness (QED) is 0.305. The molecule has 5 rings (SSSR count). The second kappa shape index (κ2) is 9.83. The molecule has 0 fully saturated rings. The lowest BCUT2D eigenvalue weighted by molar-refractivity contribution is -0.140. The third kappa shape index (κ3) is 4.98. The molecule has 5 aromatic rings. The Morgan fingerprint density at radius 1 is 1.00 bits per heavy atom. The van der Waals surface area contributed by atoms with E-state index < -0.39 is 17.1 Å². The van der Waals surface area contributed by atoms with Crippen molar-refractivity contribution < 1.29 is 13.2 Å². The highest BCUT2D eigenvalue weighted by Crippen LogP contribution is 2.31. The molecule has 0 aliphatic heterocycles. The van der Waals surface area contributed by atoms with Gasteiger partial charge in [-0.25, -0.2) is 19.7 Å². The Kier molecular flexibility index (Phi) is 6.75. The highest BCUT2D eigenvalue weighted by atomic mass is 19.4. The molecule has 40 heavy (non-hydrogen) atoms. The number of aromatic nitrogens is 7. The first-order valence-electron chi connectivity index (χ1n) is 12.9. The van der Waals surface area contributed by atoms with Crippen molar-refractivity contribution in [2.75, 3.05) is 0 Å². The van der Waals surface area contributed by atoms with E-state index in [9.17, 15) is 18.0 Å². The summed E-state index contributed by atoms with van der Waals surface area (Å²) in [7, 11) is 7.36. The maximum atomic E-state index is 13.7. The summed E-state index contributed by atoms with van der Waals surface area (Å²) in [4.78, 5) is 31.5. The van der Waals surface area contributed by atoms with Crippen molar-refractivity contribution >= 4 is 34.7 Å². The van der Waals surface area contributed by atoms with Crippen LogP contribution in [-0.2, 0) is 25.0 Å². The number of alkyl halides is 3. The lowest BCUT2D eigenvalue weighted by atomic mass is 9.49. The van der Waals surface area contributed by atoms with Crippen LogP contribution in [0.2, 0.25) is 0 Å². The van der Waals surface area contributed by atoms with E-state index in [1.54, 1.807) is 45.8 Å². The SMILES string of the molecule is BC(B)(B)n1c(=O)n(Cc2ccc(-c3nc(C(F)(F)F)cn3C)cc2)c2nc(-c3cccnc3C(C)C)ncc21. The summed E-state index contributed by atoms with van der Waals surface area (Å²) >= 11 is 0. The smallest absolute Gasteiger partial charge is 0.333 e. The van der Waals surface area contributed by atoms with Crippen molar-refractivity contribution in [3.8, 4) is 22.8 Å². The van der Waals surface area contributed by atoms with E-state index in [0.29, 0.717) is 22.6 Å². The molecule has 0 aliphatic rings. The van der Waals surface area contributed by atoms with Crippen LogP contribution in [0.25, 0.3) is 33.9 Å². The predicted molar refractivity (Wildman–Crippen MR) is 155 cm³/mol. The number of aryl methyl sites for hydroxylation is 1. The fraction of sp³-hybridized carbons (Fsp3) is 0.269. The molecule has 0 unspecified atom stereocenters. The molecule has 1 aromatic carbocycles. The average Bonchev–Trinajstić information content (AvgIpc) is 3.41. The van der Waals surface area contributed by atoms with Gasteiger partial charge in [0.25, 0.3) is 0 Å². The lowest BCUT2D eigenvalue weighted by Crippen LogP contribution is -2.43. The largest absolute Gasteiger partial charge is 0.434 e. The minimum absolute atomic E-state index is 0.154. The summed E-state index contributed by atoms with van der Waals surface area (Å²) in [5, 5.41) is -0.527. The van der Waals surface area contributed by atoms with Crippen molar-refractivity contribution in [3.63, 3.8) is 0 Å². The van der Waals surface area contributed by atoms with Crippen LogP contribution in [0.1, 0.15) is 36.7 Å². The second-order valence-electron chi connectivity index (χ2n) is 11.1. The maximum absolute atomic E-state index is 13.7. The Morgan fingerprint density at radius 3 is 2.30 bits per heavy atom. The number of rotatable bonds is 6. The third-order valence-electron chi connectivity index (χ3n) is 6.69. The highest BCUT2D eigenvalue weighted by Gasteiger charge is 2.34. The fourth-order valence-electron chi connectivity index (χ4n) is 4.84. The minimum atomic E-state index is -4.52. The van der Waals surface area contributed by atoms with Gasteiger partial charge in [0.2, 0.25) is 0 Å². The number of halogens is 3. The molecule has 0 bridgehead atoms. The number of imidazole rings is 2. The van der Waals surface area contributed by atoms with Crippen molar-refractivity contribution in [3.05, 3.63) is 82.4 Å². The Hall–Kier alpha value is -4.09. The molecule has 0 spiro atoms. The Bertz CT molecular complexity index is 1770. The Labute approximate surface area is 231 Å². The molecule has 0 radical (unpaired) electrons. The van der Waals surface area contributed by atoms with Gasteiger partial charge in [-0.3, -0.25) is 9.55 Å². The summed E-state index contributed by atoms with van der Waals surface area (Å²) in [6, 6.07) is 10.7. The van der Waals surface area contributed by atoms with Gasteiger partial charge in [0.1, 0.15) is 34.9 Å². The Balaban J connectivity index is 1.58. The first kappa shape index (κ1) is 27.5. The molecule has 0 saturated carbocycles. The normalized spacial score (nSPS) is 12.5. The lowest BCUT2D eigenvalue weighted by Gasteiger charge is -2.20. The molecular formula is C26H27B3F3N7O. The van der Waals surface area contributed by atoms with E-state index in [4.69, 9.17) is 4.98 Å². The molecule has 8 nitrogen and oxygen atoms in total. The zero-order valence-electron chi connectivity index (χ0n) is 23.2. The molecule has 4 aromatic heterocycles. The number of pyridine rings is 1. The zero-order chi connectivity index (χ0) is 29.0. The topological polar surface area (TPSA) is 83.4 Å². The van der Waals surface area contributed by atoms with Gasteiger partial charge in [-0.2, -0.15) is 13.2 Å². The van der Waals surface area contributed by atoms with Crippen LogP contribution in [0.5, 0.6) is 0 Å². The van der Waals surface area contributed by atoms with Gasteiger partial charge < -0.3 is 9.13 Å². The molecular weight excluding hydrogens is 516 g/mol. The first-order chi connectivity index (χ1) is 18.8. The van der Waals surface area contributed by atoms with Gasteiger partial charge in [0.15, 0.2) is 17.2 Å². The van der Waals surface area contributed by atoms with Crippen molar-refractivity contribution in [2.24, 2.45) is 7.05 Å². The summed E-state index contributed by atoms with van der Waals surface area (Å²) in [6.45, 7) is 4.32. The van der Waals surface area contributed by atoms with Gasteiger partial charge in [-0.15, -0.1) is 0 Å².